The molecule has 0 unspecified atom stereocenters. The minimum absolute atomic E-state index is 0.254. The Kier molecular flexibility index (Phi) is 6.10. The van der Waals surface area contributed by atoms with Crippen molar-refractivity contribution in [2.75, 3.05) is 19.8 Å². The largest absolute Gasteiger partial charge is 0.459 e. The van der Waals surface area contributed by atoms with Crippen LogP contribution < -0.4 is 0 Å². The molecule has 7 heteroatoms. The third-order valence-electron chi connectivity index (χ3n) is 2.53. The molecule has 108 valence electrons. The number of rotatable bonds is 8. The van der Waals surface area contributed by atoms with Gasteiger partial charge in [0.2, 0.25) is 0 Å². The summed E-state index contributed by atoms with van der Waals surface area (Å²) in [5, 5.41) is 5.93. The number of thiophene rings is 1. The van der Waals surface area contributed by atoms with Crippen LogP contribution in [0.5, 0.6) is 0 Å². The van der Waals surface area contributed by atoms with Crippen LogP contribution in [0.4, 0.5) is 0 Å². The summed E-state index contributed by atoms with van der Waals surface area (Å²) >= 11 is 2.58. The Morgan fingerprint density at radius 3 is 3.00 bits per heavy atom. The van der Waals surface area contributed by atoms with E-state index in [9.17, 15) is 4.79 Å². The Morgan fingerprint density at radius 2 is 2.25 bits per heavy atom. The number of nitrogens with zero attached hydrogens (tertiary/aromatic N) is 2. The number of aromatic nitrogens is 2. The maximum absolute atomic E-state index is 12.0. The van der Waals surface area contributed by atoms with Gasteiger partial charge in [-0.3, -0.25) is 0 Å². The quantitative estimate of drug-likeness (QED) is 0.553. The highest BCUT2D eigenvalue weighted by molar-refractivity contribution is 7.14. The number of ether oxygens (including phenoxy) is 2. The van der Waals surface area contributed by atoms with E-state index in [0.29, 0.717) is 23.8 Å². The Hall–Kier alpha value is -1.31. The summed E-state index contributed by atoms with van der Waals surface area (Å²) in [6.45, 7) is 3.49. The number of esters is 1. The van der Waals surface area contributed by atoms with Crippen LogP contribution in [0.3, 0.4) is 0 Å². The van der Waals surface area contributed by atoms with Gasteiger partial charge >= 0.3 is 5.97 Å². The van der Waals surface area contributed by atoms with Gasteiger partial charge < -0.3 is 9.47 Å². The van der Waals surface area contributed by atoms with Crippen LogP contribution >= 0.6 is 22.9 Å². The summed E-state index contributed by atoms with van der Waals surface area (Å²) < 4.78 is 14.4. The molecule has 0 aliphatic heterocycles. The van der Waals surface area contributed by atoms with E-state index in [2.05, 4.69) is 16.5 Å². The first kappa shape index (κ1) is 15.1. The first-order chi connectivity index (χ1) is 9.83. The molecule has 0 amide bonds. The molecule has 0 aliphatic carbocycles. The van der Waals surface area contributed by atoms with Gasteiger partial charge in [0.05, 0.1) is 11.5 Å². The minimum Gasteiger partial charge on any atom is -0.459 e. The monoisotopic (exact) mass is 312 g/mol. The van der Waals surface area contributed by atoms with Crippen molar-refractivity contribution in [2.45, 2.75) is 19.8 Å². The fraction of sp³-hybridized carbons (Fsp3) is 0.462. The fourth-order valence-corrected chi connectivity index (χ4v) is 2.86. The molecule has 5 nitrogen and oxygen atoms in total. The first-order valence-electron chi connectivity index (χ1n) is 6.44. The zero-order valence-electron chi connectivity index (χ0n) is 11.2. The second-order valence-electron chi connectivity index (χ2n) is 4.03. The van der Waals surface area contributed by atoms with E-state index in [1.54, 1.807) is 0 Å². The number of unbranched alkanes of at least 4 members (excludes halogenated alkanes) is 1. The predicted octanol–water partition coefficient (Wildman–Crippen LogP) is 3.24. The molecule has 0 atom stereocenters. The molecule has 2 aromatic heterocycles. The average molecular weight is 312 g/mol. The molecule has 20 heavy (non-hydrogen) atoms. The van der Waals surface area contributed by atoms with Gasteiger partial charge in [-0.25, -0.2) is 4.79 Å². The van der Waals surface area contributed by atoms with Crippen molar-refractivity contribution in [3.63, 3.8) is 0 Å². The van der Waals surface area contributed by atoms with Gasteiger partial charge in [0.1, 0.15) is 12.3 Å². The second-order valence-corrected chi connectivity index (χ2v) is 5.73. The summed E-state index contributed by atoms with van der Waals surface area (Å²) in [6.07, 6.45) is 2.12. The predicted molar refractivity (Wildman–Crippen MR) is 79.2 cm³/mol. The van der Waals surface area contributed by atoms with Crippen LogP contribution in [0.2, 0.25) is 0 Å². The molecule has 2 aromatic rings. The number of carbonyl (C=O) groups is 1. The third kappa shape index (κ3) is 4.09. The van der Waals surface area contributed by atoms with Crippen molar-refractivity contribution in [3.05, 3.63) is 22.4 Å². The van der Waals surface area contributed by atoms with E-state index in [4.69, 9.17) is 9.47 Å². The van der Waals surface area contributed by atoms with Crippen LogP contribution in [-0.4, -0.2) is 35.4 Å². The van der Waals surface area contributed by atoms with Crippen molar-refractivity contribution in [2.24, 2.45) is 0 Å². The Morgan fingerprint density at radius 1 is 1.35 bits per heavy atom. The van der Waals surface area contributed by atoms with Crippen molar-refractivity contribution >= 4 is 28.8 Å². The first-order valence-corrected chi connectivity index (χ1v) is 8.09. The highest BCUT2D eigenvalue weighted by Crippen LogP contribution is 2.28. The van der Waals surface area contributed by atoms with Gasteiger partial charge in [-0.05, 0) is 29.4 Å². The Labute approximate surface area is 125 Å². The van der Waals surface area contributed by atoms with E-state index < -0.39 is 0 Å². The third-order valence-corrected chi connectivity index (χ3v) is 4.11. The van der Waals surface area contributed by atoms with Gasteiger partial charge in [-0.1, -0.05) is 23.9 Å². The molecule has 0 bridgehead atoms. The molecule has 0 aromatic carbocycles. The van der Waals surface area contributed by atoms with Gasteiger partial charge in [0.25, 0.3) is 0 Å². The molecule has 2 rings (SSSR count). The summed E-state index contributed by atoms with van der Waals surface area (Å²) in [5.41, 5.74) is 0.599. The Balaban J connectivity index is 1.83. The number of carbonyl (C=O) groups excluding carboxylic acids is 1. The molecule has 0 saturated heterocycles. The van der Waals surface area contributed by atoms with Crippen molar-refractivity contribution in [1.29, 1.82) is 0 Å². The maximum Gasteiger partial charge on any atom is 0.352 e. The molecule has 0 radical (unpaired) electrons. The zero-order valence-corrected chi connectivity index (χ0v) is 12.8. The topological polar surface area (TPSA) is 61.3 Å². The van der Waals surface area contributed by atoms with E-state index in [1.807, 2.05) is 17.5 Å². The highest BCUT2D eigenvalue weighted by atomic mass is 32.1. The molecule has 0 fully saturated rings. The summed E-state index contributed by atoms with van der Waals surface area (Å²) in [4.78, 5) is 13.3. The molecule has 0 aliphatic rings. The molecular formula is C13H16N2O3S2. The van der Waals surface area contributed by atoms with Gasteiger partial charge in [-0.2, -0.15) is 0 Å². The lowest BCUT2D eigenvalue weighted by Crippen LogP contribution is -2.11. The standard InChI is InChI=1S/C13H16N2O3S2/c1-2-3-6-17-7-8-18-13(16)12-11(14-15-20-12)10-5-4-9-19-10/h4-5,9H,2-3,6-8H2,1H3. The van der Waals surface area contributed by atoms with Crippen LogP contribution in [0.15, 0.2) is 17.5 Å². The van der Waals surface area contributed by atoms with Crippen molar-refractivity contribution < 1.29 is 14.3 Å². The van der Waals surface area contributed by atoms with E-state index in [1.165, 1.54) is 11.3 Å². The van der Waals surface area contributed by atoms with Gasteiger partial charge in [0.15, 0.2) is 4.88 Å². The molecule has 2 heterocycles. The average Bonchev–Trinajstić information content (AvgIpc) is 3.11. The Bertz CT molecular complexity index is 525. The molecule has 0 N–H and O–H groups in total. The van der Waals surface area contributed by atoms with E-state index >= 15 is 0 Å². The second kappa shape index (κ2) is 8.08. The normalized spacial score (nSPS) is 10.7. The summed E-state index contributed by atoms with van der Waals surface area (Å²) in [5.74, 6) is -0.387. The molecule has 0 saturated carbocycles. The smallest absolute Gasteiger partial charge is 0.352 e. The highest BCUT2D eigenvalue weighted by Gasteiger charge is 2.19. The summed E-state index contributed by atoms with van der Waals surface area (Å²) in [6, 6.07) is 3.82. The lowest BCUT2D eigenvalue weighted by atomic mass is 10.3. The summed E-state index contributed by atoms with van der Waals surface area (Å²) in [7, 11) is 0. The lowest BCUT2D eigenvalue weighted by Gasteiger charge is -2.04. The number of hydrogen-bond donors (Lipinski definition) is 0. The van der Waals surface area contributed by atoms with Crippen molar-refractivity contribution in [3.8, 4) is 10.6 Å². The minimum atomic E-state index is -0.387. The SMILES string of the molecule is CCCCOCCOC(=O)c1snnc1-c1cccs1. The number of hydrogen-bond acceptors (Lipinski definition) is 7. The molecule has 0 spiro atoms. The van der Waals surface area contributed by atoms with Gasteiger partial charge in [0, 0.05) is 6.61 Å². The maximum atomic E-state index is 12.0. The van der Waals surface area contributed by atoms with Crippen LogP contribution in [0.25, 0.3) is 10.6 Å². The van der Waals surface area contributed by atoms with Crippen LogP contribution in [0, 0.1) is 0 Å². The zero-order chi connectivity index (χ0) is 14.2. The lowest BCUT2D eigenvalue weighted by molar-refractivity contribution is 0.0319. The van der Waals surface area contributed by atoms with Crippen LogP contribution in [0.1, 0.15) is 29.4 Å². The van der Waals surface area contributed by atoms with Crippen molar-refractivity contribution in [1.82, 2.24) is 9.59 Å². The molecular weight excluding hydrogens is 296 g/mol. The van der Waals surface area contributed by atoms with E-state index in [-0.39, 0.29) is 12.6 Å². The fourth-order valence-electron chi connectivity index (χ4n) is 1.51. The van der Waals surface area contributed by atoms with E-state index in [0.717, 1.165) is 29.3 Å². The van der Waals surface area contributed by atoms with Gasteiger partial charge in [-0.15, -0.1) is 16.4 Å². The van der Waals surface area contributed by atoms with Crippen LogP contribution in [-0.2, 0) is 9.47 Å².